The fourth-order valence-corrected chi connectivity index (χ4v) is 4.63. The Hall–Kier alpha value is -4.24. The number of aromatic nitrogens is 5. The van der Waals surface area contributed by atoms with E-state index in [1.165, 1.54) is 0 Å². The van der Waals surface area contributed by atoms with Crippen LogP contribution in [0, 0.1) is 0 Å². The molecule has 0 spiro atoms. The number of pyridine rings is 1. The predicted molar refractivity (Wildman–Crippen MR) is 140 cm³/mol. The first-order valence-corrected chi connectivity index (χ1v) is 12.5. The van der Waals surface area contributed by atoms with E-state index in [9.17, 15) is 4.79 Å². The van der Waals surface area contributed by atoms with E-state index >= 15 is 0 Å². The molecular formula is C28H30N6O3. The van der Waals surface area contributed by atoms with Crippen LogP contribution in [0.3, 0.4) is 0 Å². The van der Waals surface area contributed by atoms with Crippen LogP contribution in [0.2, 0.25) is 0 Å². The molecule has 2 aromatic carbocycles. The van der Waals surface area contributed by atoms with E-state index in [0.29, 0.717) is 31.8 Å². The van der Waals surface area contributed by atoms with Gasteiger partial charge in [-0.15, -0.1) is 5.10 Å². The lowest BCUT2D eigenvalue weighted by Crippen LogP contribution is -2.32. The van der Waals surface area contributed by atoms with Gasteiger partial charge >= 0.3 is 0 Å². The van der Waals surface area contributed by atoms with Crippen molar-refractivity contribution in [1.29, 1.82) is 0 Å². The van der Waals surface area contributed by atoms with Crippen LogP contribution in [0.4, 0.5) is 0 Å². The van der Waals surface area contributed by atoms with Crippen molar-refractivity contribution in [3.05, 3.63) is 106 Å². The molecular weight excluding hydrogens is 468 g/mol. The Labute approximate surface area is 214 Å². The third-order valence-electron chi connectivity index (χ3n) is 6.38. The minimum Gasteiger partial charge on any atom is -0.494 e. The number of nitrogens with zero attached hydrogens (tertiary/aromatic N) is 5. The number of hydrogen-bond donors (Lipinski definition) is 1. The molecule has 0 fully saturated rings. The molecule has 1 N–H and O–H groups in total. The Morgan fingerprint density at radius 3 is 2.68 bits per heavy atom. The Kier molecular flexibility index (Phi) is 7.41. The van der Waals surface area contributed by atoms with Crippen LogP contribution < -0.4 is 10.3 Å². The molecule has 3 aromatic heterocycles. The van der Waals surface area contributed by atoms with E-state index in [1.54, 1.807) is 10.9 Å². The lowest BCUT2D eigenvalue weighted by atomic mass is 10.1. The molecule has 0 aliphatic heterocycles. The summed E-state index contributed by atoms with van der Waals surface area (Å²) < 4.78 is 13.0. The van der Waals surface area contributed by atoms with Gasteiger partial charge in [-0.25, -0.2) is 4.68 Å². The van der Waals surface area contributed by atoms with Crippen molar-refractivity contribution >= 4 is 10.9 Å². The van der Waals surface area contributed by atoms with E-state index < -0.39 is 0 Å². The van der Waals surface area contributed by atoms with Crippen molar-refractivity contribution in [2.45, 2.75) is 45.9 Å². The highest BCUT2D eigenvalue weighted by molar-refractivity contribution is 5.80. The van der Waals surface area contributed by atoms with Crippen molar-refractivity contribution in [2.75, 3.05) is 6.61 Å². The maximum Gasteiger partial charge on any atom is 0.252 e. The molecule has 3 heterocycles. The normalized spacial score (nSPS) is 12.3. The van der Waals surface area contributed by atoms with Crippen LogP contribution in [-0.4, -0.2) is 36.7 Å². The third kappa shape index (κ3) is 5.62. The second-order valence-electron chi connectivity index (χ2n) is 8.89. The first-order valence-electron chi connectivity index (χ1n) is 12.5. The predicted octanol–water partition coefficient (Wildman–Crippen LogP) is 4.71. The first-order chi connectivity index (χ1) is 18.1. The molecule has 37 heavy (non-hydrogen) atoms. The maximum atomic E-state index is 13.1. The van der Waals surface area contributed by atoms with E-state index in [1.807, 2.05) is 61.5 Å². The van der Waals surface area contributed by atoms with Crippen molar-refractivity contribution in [1.82, 2.24) is 30.1 Å². The van der Waals surface area contributed by atoms with Crippen molar-refractivity contribution < 1.29 is 9.15 Å². The highest BCUT2D eigenvalue weighted by Gasteiger charge is 2.26. The minimum atomic E-state index is -0.130. The highest BCUT2D eigenvalue weighted by atomic mass is 16.5. The molecule has 0 aliphatic carbocycles. The topological polar surface area (TPSA) is 102 Å². The second kappa shape index (κ2) is 11.2. The van der Waals surface area contributed by atoms with Crippen LogP contribution >= 0.6 is 0 Å². The van der Waals surface area contributed by atoms with Gasteiger partial charge in [0.05, 0.1) is 18.9 Å². The average molecular weight is 499 g/mol. The van der Waals surface area contributed by atoms with E-state index in [0.717, 1.165) is 40.2 Å². The van der Waals surface area contributed by atoms with Gasteiger partial charge < -0.3 is 14.1 Å². The van der Waals surface area contributed by atoms with Gasteiger partial charge in [0.25, 0.3) is 5.56 Å². The van der Waals surface area contributed by atoms with Gasteiger partial charge in [0.15, 0.2) is 5.82 Å². The zero-order valence-corrected chi connectivity index (χ0v) is 21.0. The van der Waals surface area contributed by atoms with Crippen molar-refractivity contribution in [2.24, 2.45) is 0 Å². The monoisotopic (exact) mass is 498 g/mol. The minimum absolute atomic E-state index is 0.111. The zero-order valence-electron chi connectivity index (χ0n) is 21.0. The Morgan fingerprint density at radius 2 is 1.92 bits per heavy atom. The summed E-state index contributed by atoms with van der Waals surface area (Å²) in [5, 5.41) is 13.5. The number of benzene rings is 2. The molecule has 0 aliphatic rings. The van der Waals surface area contributed by atoms with E-state index in [4.69, 9.17) is 9.15 Å². The quantitative estimate of drug-likeness (QED) is 0.281. The van der Waals surface area contributed by atoms with Gasteiger partial charge in [0, 0.05) is 29.6 Å². The molecule has 5 rings (SSSR count). The molecule has 1 unspecified atom stereocenters. The molecule has 190 valence electrons. The number of rotatable bonds is 11. The Bertz CT molecular complexity index is 1490. The summed E-state index contributed by atoms with van der Waals surface area (Å²) in [7, 11) is 0. The lowest BCUT2D eigenvalue weighted by Gasteiger charge is -2.30. The van der Waals surface area contributed by atoms with Crippen molar-refractivity contribution in [3.8, 4) is 5.75 Å². The lowest BCUT2D eigenvalue weighted by molar-refractivity contribution is 0.161. The number of H-pyrrole nitrogens is 1. The highest BCUT2D eigenvalue weighted by Crippen LogP contribution is 2.27. The molecule has 9 heteroatoms. The summed E-state index contributed by atoms with van der Waals surface area (Å²) in [4.78, 5) is 18.4. The number of nitrogens with one attached hydrogen (secondary N) is 1. The Morgan fingerprint density at radius 1 is 1.05 bits per heavy atom. The second-order valence-corrected chi connectivity index (χ2v) is 8.89. The number of ether oxygens (including phenoxy) is 1. The van der Waals surface area contributed by atoms with Gasteiger partial charge in [-0.05, 0) is 65.7 Å². The Balaban J connectivity index is 1.51. The standard InChI is InChI=1S/C28H30N6O3/c1-3-26(27-30-31-32-34(27)19-24-11-8-14-37-24)33(17-20-9-6-5-7-10-20)18-22-15-21-16-23(36-4-2)12-13-25(21)29-28(22)35/h5-16,26H,3-4,17-19H2,1-2H3,(H,29,35). The third-order valence-corrected chi connectivity index (χ3v) is 6.38. The number of furan rings is 1. The van der Waals surface area contributed by atoms with Gasteiger partial charge in [-0.1, -0.05) is 37.3 Å². The number of fused-ring (bicyclic) bond motifs is 1. The van der Waals surface area contributed by atoms with Crippen LogP contribution in [-0.2, 0) is 19.6 Å². The number of tetrazole rings is 1. The molecule has 1 atom stereocenters. The summed E-state index contributed by atoms with van der Waals surface area (Å²) >= 11 is 0. The summed E-state index contributed by atoms with van der Waals surface area (Å²) in [6, 6.07) is 21.5. The molecule has 9 nitrogen and oxygen atoms in total. The van der Waals surface area contributed by atoms with Crippen LogP contribution in [0.1, 0.15) is 49.0 Å². The summed E-state index contributed by atoms with van der Waals surface area (Å²) in [5.74, 6) is 2.28. The summed E-state index contributed by atoms with van der Waals surface area (Å²) in [6.45, 7) is 6.12. The summed E-state index contributed by atoms with van der Waals surface area (Å²) in [6.07, 6.45) is 2.40. The van der Waals surface area contributed by atoms with Gasteiger partial charge in [-0.2, -0.15) is 0 Å². The maximum absolute atomic E-state index is 13.1. The number of aromatic amines is 1. The molecule has 0 saturated carbocycles. The molecule has 5 aromatic rings. The van der Waals surface area contributed by atoms with Gasteiger partial charge in [0.2, 0.25) is 0 Å². The molecule has 0 saturated heterocycles. The summed E-state index contributed by atoms with van der Waals surface area (Å²) in [5.41, 5.74) is 2.48. The van der Waals surface area contributed by atoms with Crippen LogP contribution in [0.15, 0.2) is 82.2 Å². The molecule has 0 radical (unpaired) electrons. The fourth-order valence-electron chi connectivity index (χ4n) is 4.63. The zero-order chi connectivity index (χ0) is 25.6. The van der Waals surface area contributed by atoms with Crippen LogP contribution in [0.5, 0.6) is 5.75 Å². The smallest absolute Gasteiger partial charge is 0.252 e. The van der Waals surface area contributed by atoms with E-state index in [-0.39, 0.29) is 11.6 Å². The number of hydrogen-bond acceptors (Lipinski definition) is 7. The largest absolute Gasteiger partial charge is 0.494 e. The fraction of sp³-hybridized carbons (Fsp3) is 0.286. The first kappa shape index (κ1) is 24.5. The molecule has 0 bridgehead atoms. The SMILES string of the molecule is CCOc1ccc2[nH]c(=O)c(CN(Cc3ccccc3)C(CC)c3nnnn3Cc3ccco3)cc2c1. The van der Waals surface area contributed by atoms with Crippen LogP contribution in [0.25, 0.3) is 10.9 Å². The average Bonchev–Trinajstić information content (AvgIpc) is 3.59. The van der Waals surface area contributed by atoms with Gasteiger partial charge in [-0.3, -0.25) is 9.69 Å². The van der Waals surface area contributed by atoms with Crippen molar-refractivity contribution in [3.63, 3.8) is 0 Å². The van der Waals surface area contributed by atoms with E-state index in [2.05, 4.69) is 44.5 Å². The van der Waals surface area contributed by atoms with Gasteiger partial charge in [0.1, 0.15) is 18.1 Å². The molecule has 0 amide bonds.